The van der Waals surface area contributed by atoms with Gasteiger partial charge in [-0.15, -0.1) is 11.3 Å². The first kappa shape index (κ1) is 32.9. The summed E-state index contributed by atoms with van der Waals surface area (Å²) in [5.41, 5.74) is 17.9. The van der Waals surface area contributed by atoms with E-state index in [0.717, 1.165) is 0 Å². The minimum atomic E-state index is -0.219. The summed E-state index contributed by atoms with van der Waals surface area (Å²) in [4.78, 5) is 0. The summed E-state index contributed by atoms with van der Waals surface area (Å²) in [7, 11) is 0. The molecule has 0 radical (unpaired) electrons. The van der Waals surface area contributed by atoms with Crippen molar-refractivity contribution >= 4 is 53.1 Å². The first-order chi connectivity index (χ1) is 26.5. The van der Waals surface area contributed by atoms with E-state index < -0.39 is 0 Å². The molecule has 266 valence electrons. The van der Waals surface area contributed by atoms with Crippen LogP contribution < -0.4 is 0 Å². The lowest BCUT2D eigenvalue weighted by Crippen LogP contribution is -2.24. The number of rotatable bonds is 2. The molecule has 1 heteroatoms. The number of hydrogen-bond donors (Lipinski definition) is 0. The van der Waals surface area contributed by atoms with Crippen LogP contribution in [0.25, 0.3) is 86.2 Å². The van der Waals surface area contributed by atoms with Gasteiger partial charge >= 0.3 is 0 Å². The van der Waals surface area contributed by atoms with Gasteiger partial charge in [-0.25, -0.2) is 0 Å². The maximum absolute atomic E-state index is 2.56. The Kier molecular flexibility index (Phi) is 6.61. The lowest BCUT2D eigenvalue weighted by atomic mass is 9.71. The first-order valence-electron chi connectivity index (χ1n) is 19.8. The van der Waals surface area contributed by atoms with Crippen LogP contribution in [0.2, 0.25) is 0 Å². The zero-order valence-electron chi connectivity index (χ0n) is 32.7. The third kappa shape index (κ3) is 4.34. The number of hydrogen-bond acceptors (Lipinski definition) is 1. The maximum atomic E-state index is 2.56. The maximum Gasteiger partial charge on any atom is 0.0443 e. The average Bonchev–Trinajstić information content (AvgIpc) is 3.76. The molecule has 2 aliphatic rings. The fraction of sp³-hybridized carbons (Fsp3) is 0.185. The molecule has 0 N–H and O–H groups in total. The van der Waals surface area contributed by atoms with Crippen molar-refractivity contribution in [2.24, 2.45) is 0 Å². The molecule has 9 aromatic rings. The Morgan fingerprint density at radius 1 is 0.436 bits per heavy atom. The molecular weight excluding hydrogens is 681 g/mol. The summed E-state index contributed by atoms with van der Waals surface area (Å²) in [6, 6.07) is 52.9. The molecule has 0 aliphatic heterocycles. The van der Waals surface area contributed by atoms with Crippen LogP contribution in [0, 0.1) is 0 Å². The van der Waals surface area contributed by atoms with Crippen molar-refractivity contribution in [3.63, 3.8) is 0 Å². The smallest absolute Gasteiger partial charge is 0.0443 e. The van der Waals surface area contributed by atoms with Gasteiger partial charge in [0.2, 0.25) is 0 Å². The summed E-state index contributed by atoms with van der Waals surface area (Å²) in [5.74, 6) is 0. The van der Waals surface area contributed by atoms with E-state index in [1.165, 1.54) is 114 Å². The molecule has 11 rings (SSSR count). The van der Waals surface area contributed by atoms with E-state index in [9.17, 15) is 0 Å². The van der Waals surface area contributed by atoms with Crippen LogP contribution in [0.15, 0.2) is 140 Å². The van der Waals surface area contributed by atoms with E-state index in [1.54, 1.807) is 0 Å². The highest BCUT2D eigenvalue weighted by molar-refractivity contribution is 7.26. The predicted octanol–water partition coefficient (Wildman–Crippen LogP) is 15.6. The Morgan fingerprint density at radius 3 is 1.55 bits per heavy atom. The SMILES string of the molecule is CC(C)(C)c1ccc2c(c1)C(C)(C)c1c3c(c4c(sc5ccccc54)c1-2)-c1ccc(-c2c4ccccc4c(-c4ccccc4)c4ccccc24)cc1C3(C)C. The predicted molar refractivity (Wildman–Crippen MR) is 239 cm³/mol. The van der Waals surface area contributed by atoms with Crippen LogP contribution in [0.1, 0.15) is 76.3 Å². The number of benzene rings is 8. The molecular formula is C54H44S. The van der Waals surface area contributed by atoms with Crippen molar-refractivity contribution in [2.45, 2.75) is 64.7 Å². The van der Waals surface area contributed by atoms with Gasteiger partial charge in [0, 0.05) is 36.6 Å². The topological polar surface area (TPSA) is 0 Å². The van der Waals surface area contributed by atoms with Gasteiger partial charge in [-0.2, -0.15) is 0 Å². The zero-order chi connectivity index (χ0) is 37.6. The number of fused-ring (bicyclic) bond motifs is 14. The molecule has 0 spiro atoms. The summed E-state index contributed by atoms with van der Waals surface area (Å²) < 4.78 is 2.80. The molecule has 0 saturated carbocycles. The van der Waals surface area contributed by atoms with E-state index in [2.05, 4.69) is 188 Å². The van der Waals surface area contributed by atoms with Crippen LogP contribution in [0.4, 0.5) is 0 Å². The molecule has 0 saturated heterocycles. The molecule has 0 fully saturated rings. The van der Waals surface area contributed by atoms with Crippen LogP contribution in [0.3, 0.4) is 0 Å². The van der Waals surface area contributed by atoms with Crippen molar-refractivity contribution in [3.8, 4) is 44.5 Å². The minimum Gasteiger partial charge on any atom is -0.134 e. The molecule has 55 heavy (non-hydrogen) atoms. The van der Waals surface area contributed by atoms with Gasteiger partial charge in [0.15, 0.2) is 0 Å². The van der Waals surface area contributed by atoms with Crippen molar-refractivity contribution in [1.29, 1.82) is 0 Å². The van der Waals surface area contributed by atoms with Gasteiger partial charge in [0.05, 0.1) is 0 Å². The standard InChI is InChI=1S/C54H44S/c1-52(2,3)33-26-28-39-42(30-33)54(6,7)50-48(39)51-47(40-23-15-16-24-43(40)55-51)46-38-27-25-32(29-41(38)53(4,5)49(46)50)45-36-21-13-11-19-34(36)44(31-17-9-8-10-18-31)35-20-12-14-22-37(35)45/h8-30H,1-7H3. The Labute approximate surface area is 328 Å². The molecule has 0 unspecified atom stereocenters. The largest absolute Gasteiger partial charge is 0.134 e. The van der Waals surface area contributed by atoms with Gasteiger partial charge in [-0.05, 0) is 106 Å². The summed E-state index contributed by atoms with van der Waals surface area (Å²) in [6.45, 7) is 17.0. The molecule has 0 atom stereocenters. The molecule has 1 aromatic heterocycles. The van der Waals surface area contributed by atoms with Crippen molar-refractivity contribution < 1.29 is 0 Å². The second-order valence-corrected chi connectivity index (χ2v) is 19.1. The van der Waals surface area contributed by atoms with Crippen LogP contribution in [-0.4, -0.2) is 0 Å². The highest BCUT2D eigenvalue weighted by atomic mass is 32.1. The second-order valence-electron chi connectivity index (χ2n) is 18.0. The van der Waals surface area contributed by atoms with E-state index in [1.807, 2.05) is 11.3 Å². The minimum absolute atomic E-state index is 0.0777. The fourth-order valence-electron chi connectivity index (χ4n) is 10.5. The van der Waals surface area contributed by atoms with E-state index in [4.69, 9.17) is 0 Å². The fourth-order valence-corrected chi connectivity index (χ4v) is 11.8. The Morgan fingerprint density at radius 2 is 0.927 bits per heavy atom. The van der Waals surface area contributed by atoms with Crippen LogP contribution in [-0.2, 0) is 16.2 Å². The van der Waals surface area contributed by atoms with Crippen molar-refractivity contribution in [3.05, 3.63) is 167 Å². The quantitative estimate of drug-likeness (QED) is 0.156. The number of thiophene rings is 1. The van der Waals surface area contributed by atoms with Crippen molar-refractivity contribution in [1.82, 2.24) is 0 Å². The van der Waals surface area contributed by atoms with Crippen molar-refractivity contribution in [2.75, 3.05) is 0 Å². The highest BCUT2D eigenvalue weighted by Crippen LogP contribution is 2.64. The van der Waals surface area contributed by atoms with Gasteiger partial charge in [0.25, 0.3) is 0 Å². The van der Waals surface area contributed by atoms with Gasteiger partial charge < -0.3 is 0 Å². The summed E-state index contributed by atoms with van der Waals surface area (Å²) in [5, 5.41) is 7.99. The van der Waals surface area contributed by atoms with E-state index in [0.29, 0.717) is 0 Å². The van der Waals surface area contributed by atoms with Gasteiger partial charge in [-0.3, -0.25) is 0 Å². The van der Waals surface area contributed by atoms with Crippen LogP contribution in [0.5, 0.6) is 0 Å². The molecule has 8 aromatic carbocycles. The third-order valence-corrected chi connectivity index (χ3v) is 14.3. The Balaban J connectivity index is 1.22. The van der Waals surface area contributed by atoms with E-state index >= 15 is 0 Å². The lowest BCUT2D eigenvalue weighted by Gasteiger charge is -2.31. The highest BCUT2D eigenvalue weighted by Gasteiger charge is 2.48. The second kappa shape index (κ2) is 11.1. The average molecular weight is 725 g/mol. The Bertz CT molecular complexity index is 3050. The van der Waals surface area contributed by atoms with Gasteiger partial charge in [-0.1, -0.05) is 176 Å². The monoisotopic (exact) mass is 724 g/mol. The molecule has 0 nitrogen and oxygen atoms in total. The van der Waals surface area contributed by atoms with Gasteiger partial charge in [0.1, 0.15) is 0 Å². The molecule has 2 aliphatic carbocycles. The van der Waals surface area contributed by atoms with E-state index in [-0.39, 0.29) is 16.2 Å². The zero-order valence-corrected chi connectivity index (χ0v) is 33.5. The molecule has 0 bridgehead atoms. The van der Waals surface area contributed by atoms with Crippen LogP contribution >= 0.6 is 11.3 Å². The molecule has 1 heterocycles. The first-order valence-corrected chi connectivity index (χ1v) is 20.6. The third-order valence-electron chi connectivity index (χ3n) is 13.1. The Hall–Kier alpha value is -5.50. The summed E-state index contributed by atoms with van der Waals surface area (Å²) >= 11 is 1.98. The molecule has 0 amide bonds. The summed E-state index contributed by atoms with van der Waals surface area (Å²) in [6.07, 6.45) is 0. The lowest BCUT2D eigenvalue weighted by molar-refractivity contribution is 0.579. The normalized spacial score (nSPS) is 15.1.